The third-order valence-corrected chi connectivity index (χ3v) is 2.73. The monoisotopic (exact) mass is 260 g/mol. The molecule has 2 rings (SSSR count). The van der Waals surface area contributed by atoms with Gasteiger partial charge in [0.25, 0.3) is 5.91 Å². The van der Waals surface area contributed by atoms with Crippen LogP contribution in [-0.2, 0) is 4.74 Å². The number of amides is 1. The Morgan fingerprint density at radius 2 is 2.53 bits per heavy atom. The lowest BCUT2D eigenvalue weighted by Gasteiger charge is -2.10. The van der Waals surface area contributed by atoms with Crippen molar-refractivity contribution in [1.82, 2.24) is 10.3 Å². The van der Waals surface area contributed by atoms with E-state index >= 15 is 0 Å². The first kappa shape index (κ1) is 13.4. The lowest BCUT2D eigenvalue weighted by molar-refractivity contribution is 0.0954. The molecule has 5 nitrogen and oxygen atoms in total. The lowest BCUT2D eigenvalue weighted by atomic mass is 10.2. The Balaban J connectivity index is 1.86. The van der Waals surface area contributed by atoms with Gasteiger partial charge in [0.1, 0.15) is 6.10 Å². The second-order valence-corrected chi connectivity index (χ2v) is 4.20. The van der Waals surface area contributed by atoms with Crippen LogP contribution in [0.3, 0.4) is 0 Å². The summed E-state index contributed by atoms with van der Waals surface area (Å²) >= 11 is 0. The summed E-state index contributed by atoms with van der Waals surface area (Å²) in [6, 6.07) is 3.37. The van der Waals surface area contributed by atoms with Gasteiger partial charge in [-0.25, -0.2) is 4.98 Å². The fraction of sp³-hybridized carbons (Fsp3) is 0.429. The summed E-state index contributed by atoms with van der Waals surface area (Å²) < 4.78 is 10.8. The van der Waals surface area contributed by atoms with Gasteiger partial charge in [0.05, 0.1) is 18.8 Å². The highest BCUT2D eigenvalue weighted by Gasteiger charge is 2.17. The number of nitrogens with one attached hydrogen (secondary N) is 1. The molecule has 1 aliphatic rings. The Labute approximate surface area is 112 Å². The van der Waals surface area contributed by atoms with E-state index in [4.69, 9.17) is 15.9 Å². The molecule has 1 aromatic heterocycles. The minimum absolute atomic E-state index is 0.0582. The molecular weight excluding hydrogens is 244 g/mol. The predicted molar refractivity (Wildman–Crippen MR) is 69.9 cm³/mol. The Kier molecular flexibility index (Phi) is 4.76. The first-order chi connectivity index (χ1) is 9.29. The summed E-state index contributed by atoms with van der Waals surface area (Å²) in [5.74, 6) is 2.79. The first-order valence-corrected chi connectivity index (χ1v) is 6.21. The van der Waals surface area contributed by atoms with Crippen LogP contribution in [0.15, 0.2) is 18.3 Å². The number of hydrogen-bond donors (Lipinski definition) is 1. The summed E-state index contributed by atoms with van der Waals surface area (Å²) in [6.45, 7) is 1.78. The second kappa shape index (κ2) is 6.76. The van der Waals surface area contributed by atoms with Gasteiger partial charge in [0, 0.05) is 31.6 Å². The average molecular weight is 260 g/mol. The van der Waals surface area contributed by atoms with Gasteiger partial charge in [0.15, 0.2) is 0 Å². The van der Waals surface area contributed by atoms with Crippen LogP contribution in [0.5, 0.6) is 5.88 Å². The van der Waals surface area contributed by atoms with Crippen LogP contribution in [0, 0.1) is 12.3 Å². The topological polar surface area (TPSA) is 60.5 Å². The number of carbonyl (C=O) groups excluding carboxylic acids is 1. The maximum atomic E-state index is 11.7. The highest BCUT2D eigenvalue weighted by Crippen LogP contribution is 2.14. The van der Waals surface area contributed by atoms with E-state index in [0.717, 1.165) is 13.0 Å². The number of terminal acetylenes is 1. The maximum absolute atomic E-state index is 11.7. The normalized spacial score (nSPS) is 17.7. The fourth-order valence-electron chi connectivity index (χ4n) is 1.71. The van der Waals surface area contributed by atoms with Crippen molar-refractivity contribution in [1.29, 1.82) is 0 Å². The zero-order chi connectivity index (χ0) is 13.5. The SMILES string of the molecule is C#CCCNC(=O)c1ccc(O[C@@H]2CCOC2)nc1. The van der Waals surface area contributed by atoms with Gasteiger partial charge in [-0.2, -0.15) is 0 Å². The van der Waals surface area contributed by atoms with Crippen LogP contribution in [0.2, 0.25) is 0 Å². The van der Waals surface area contributed by atoms with Gasteiger partial charge in [-0.3, -0.25) is 4.79 Å². The maximum Gasteiger partial charge on any atom is 0.252 e. The van der Waals surface area contributed by atoms with E-state index in [2.05, 4.69) is 16.2 Å². The highest BCUT2D eigenvalue weighted by molar-refractivity contribution is 5.93. The number of rotatable bonds is 5. The fourth-order valence-corrected chi connectivity index (χ4v) is 1.71. The van der Waals surface area contributed by atoms with Gasteiger partial charge in [-0.05, 0) is 6.07 Å². The molecule has 1 saturated heterocycles. The lowest BCUT2D eigenvalue weighted by Crippen LogP contribution is -2.24. The standard InChI is InChI=1S/C14H16N2O3/c1-2-3-7-15-14(17)11-4-5-13(16-9-11)19-12-6-8-18-10-12/h1,4-5,9,12H,3,6-8,10H2,(H,15,17)/t12-/m1/s1. The van der Waals surface area contributed by atoms with Gasteiger partial charge in [0.2, 0.25) is 5.88 Å². The molecule has 0 aromatic carbocycles. The molecule has 2 heterocycles. The third kappa shape index (κ3) is 3.97. The van der Waals surface area contributed by atoms with Crippen molar-refractivity contribution in [2.45, 2.75) is 18.9 Å². The number of nitrogens with zero attached hydrogens (tertiary/aromatic N) is 1. The van der Waals surface area contributed by atoms with Crippen molar-refractivity contribution in [2.75, 3.05) is 19.8 Å². The van der Waals surface area contributed by atoms with E-state index in [0.29, 0.717) is 31.0 Å². The van der Waals surface area contributed by atoms with Gasteiger partial charge in [-0.15, -0.1) is 12.3 Å². The van der Waals surface area contributed by atoms with Gasteiger partial charge >= 0.3 is 0 Å². The van der Waals surface area contributed by atoms with Crippen LogP contribution in [-0.4, -0.2) is 36.8 Å². The quantitative estimate of drug-likeness (QED) is 0.634. The van der Waals surface area contributed by atoms with E-state index in [1.165, 1.54) is 6.20 Å². The Morgan fingerprint density at radius 3 is 3.16 bits per heavy atom. The Hall–Kier alpha value is -2.06. The summed E-state index contributed by atoms with van der Waals surface area (Å²) in [4.78, 5) is 15.8. The summed E-state index contributed by atoms with van der Waals surface area (Å²) in [5.41, 5.74) is 0.493. The number of carbonyl (C=O) groups is 1. The molecule has 0 spiro atoms. The molecule has 1 amide bonds. The second-order valence-electron chi connectivity index (χ2n) is 4.20. The Morgan fingerprint density at radius 1 is 1.63 bits per heavy atom. The van der Waals surface area contributed by atoms with E-state index in [9.17, 15) is 4.79 Å². The minimum atomic E-state index is -0.182. The van der Waals surface area contributed by atoms with Crippen molar-refractivity contribution in [3.05, 3.63) is 23.9 Å². The van der Waals surface area contributed by atoms with Crippen molar-refractivity contribution >= 4 is 5.91 Å². The van der Waals surface area contributed by atoms with E-state index in [1.54, 1.807) is 12.1 Å². The molecule has 1 aromatic rings. The van der Waals surface area contributed by atoms with E-state index in [1.807, 2.05) is 0 Å². The molecule has 0 aliphatic carbocycles. The average Bonchev–Trinajstić information content (AvgIpc) is 2.93. The minimum Gasteiger partial charge on any atom is -0.472 e. The zero-order valence-electron chi connectivity index (χ0n) is 10.6. The van der Waals surface area contributed by atoms with Gasteiger partial charge in [-0.1, -0.05) is 0 Å². The van der Waals surface area contributed by atoms with E-state index < -0.39 is 0 Å². The zero-order valence-corrected chi connectivity index (χ0v) is 10.6. The molecule has 0 bridgehead atoms. The predicted octanol–water partition coefficient (Wildman–Crippen LogP) is 1.00. The number of pyridine rings is 1. The number of aromatic nitrogens is 1. The summed E-state index contributed by atoms with van der Waals surface area (Å²) in [5, 5.41) is 2.71. The Bertz CT molecular complexity index is 459. The molecule has 0 unspecified atom stereocenters. The van der Waals surface area contributed by atoms with Crippen LogP contribution >= 0.6 is 0 Å². The third-order valence-electron chi connectivity index (χ3n) is 2.73. The molecule has 1 aliphatic heterocycles. The van der Waals surface area contributed by atoms with E-state index in [-0.39, 0.29) is 12.0 Å². The van der Waals surface area contributed by atoms with Crippen LogP contribution in [0.4, 0.5) is 0 Å². The molecular formula is C14H16N2O3. The molecule has 19 heavy (non-hydrogen) atoms. The molecule has 0 saturated carbocycles. The van der Waals surface area contributed by atoms with Gasteiger partial charge < -0.3 is 14.8 Å². The van der Waals surface area contributed by atoms with Crippen LogP contribution in [0.25, 0.3) is 0 Å². The molecule has 5 heteroatoms. The smallest absolute Gasteiger partial charge is 0.252 e. The van der Waals surface area contributed by atoms with Crippen molar-refractivity contribution in [3.8, 4) is 18.2 Å². The largest absolute Gasteiger partial charge is 0.472 e. The number of hydrogen-bond acceptors (Lipinski definition) is 4. The molecule has 1 atom stereocenters. The molecule has 100 valence electrons. The molecule has 1 fully saturated rings. The van der Waals surface area contributed by atoms with Crippen molar-refractivity contribution < 1.29 is 14.3 Å². The molecule has 0 radical (unpaired) electrons. The van der Waals surface area contributed by atoms with Crippen molar-refractivity contribution in [3.63, 3.8) is 0 Å². The first-order valence-electron chi connectivity index (χ1n) is 6.21. The highest BCUT2D eigenvalue weighted by atomic mass is 16.5. The number of ether oxygens (including phenoxy) is 2. The molecule has 1 N–H and O–H groups in total. The summed E-state index contributed by atoms with van der Waals surface area (Å²) in [6.07, 6.45) is 8.05. The van der Waals surface area contributed by atoms with Crippen LogP contribution in [0.1, 0.15) is 23.2 Å². The van der Waals surface area contributed by atoms with Crippen LogP contribution < -0.4 is 10.1 Å². The summed E-state index contributed by atoms with van der Waals surface area (Å²) in [7, 11) is 0. The van der Waals surface area contributed by atoms with Crippen molar-refractivity contribution in [2.24, 2.45) is 0 Å².